The Morgan fingerprint density at radius 3 is 2.63 bits per heavy atom. The average Bonchev–Trinajstić information content (AvgIpc) is 3.75. The van der Waals surface area contributed by atoms with E-state index in [1.165, 1.54) is 10.2 Å². The number of amides is 1. The lowest BCUT2D eigenvalue weighted by Gasteiger charge is -2.19. The van der Waals surface area contributed by atoms with Crippen LogP contribution in [0.3, 0.4) is 0 Å². The number of carbonyl (C=O) groups excluding carboxylic acids is 1. The summed E-state index contributed by atoms with van der Waals surface area (Å²) in [6.07, 6.45) is 4.86. The minimum absolute atomic E-state index is 0.0437. The van der Waals surface area contributed by atoms with E-state index >= 15 is 0 Å². The van der Waals surface area contributed by atoms with Crippen molar-refractivity contribution in [2.75, 3.05) is 17.2 Å². The molecule has 3 N–H and O–H groups in total. The third kappa shape index (κ3) is 4.28. The van der Waals surface area contributed by atoms with Crippen molar-refractivity contribution in [1.29, 1.82) is 0 Å². The first kappa shape index (κ1) is 23.2. The van der Waals surface area contributed by atoms with Gasteiger partial charge in [0, 0.05) is 30.3 Å². The minimum Gasteiger partial charge on any atom is -0.378 e. The Morgan fingerprint density at radius 1 is 1.08 bits per heavy atom. The number of nitrogens with one attached hydrogen (secondary N) is 1. The van der Waals surface area contributed by atoms with Gasteiger partial charge in [-0.3, -0.25) is 4.79 Å². The monoisotopic (exact) mass is 508 g/mol. The van der Waals surface area contributed by atoms with E-state index in [1.54, 1.807) is 0 Å². The minimum atomic E-state index is -0.503. The molecule has 12 nitrogen and oxygen atoms in total. The van der Waals surface area contributed by atoms with Crippen molar-refractivity contribution < 1.29 is 9.42 Å². The summed E-state index contributed by atoms with van der Waals surface area (Å²) in [5.41, 5.74) is 14.0. The van der Waals surface area contributed by atoms with Crippen molar-refractivity contribution in [3.63, 3.8) is 0 Å². The molecule has 4 heterocycles. The number of carbonyl (C=O) groups is 1. The Kier molecular flexibility index (Phi) is 5.88. The predicted molar refractivity (Wildman–Crippen MR) is 140 cm³/mol. The van der Waals surface area contributed by atoms with Crippen LogP contribution in [0.1, 0.15) is 34.2 Å². The second-order valence-electron chi connectivity index (χ2n) is 8.85. The normalized spacial score (nSPS) is 13.1. The quantitative estimate of drug-likeness (QED) is 0.252. The van der Waals surface area contributed by atoms with Crippen molar-refractivity contribution in [2.24, 2.45) is 5.10 Å². The number of benzene rings is 2. The maximum absolute atomic E-state index is 13.3. The molecule has 0 unspecified atom stereocenters. The van der Waals surface area contributed by atoms with Crippen LogP contribution < -0.4 is 16.1 Å². The molecule has 0 saturated heterocycles. The molecule has 1 aliphatic rings. The average molecular weight is 509 g/mol. The van der Waals surface area contributed by atoms with Gasteiger partial charge < -0.3 is 15.2 Å². The molecule has 38 heavy (non-hydrogen) atoms. The topological polar surface area (TPSA) is 145 Å². The molecule has 2 aromatic carbocycles. The van der Waals surface area contributed by atoms with Gasteiger partial charge in [0.15, 0.2) is 5.69 Å². The van der Waals surface area contributed by atoms with E-state index in [1.807, 2.05) is 72.4 Å². The molecule has 0 radical (unpaired) electrons. The van der Waals surface area contributed by atoms with Gasteiger partial charge in [-0.25, -0.2) is 10.1 Å². The molecule has 5 aromatic rings. The summed E-state index contributed by atoms with van der Waals surface area (Å²) in [5, 5.41) is 20.1. The predicted octanol–water partition coefficient (Wildman–Crippen LogP) is 2.74. The van der Waals surface area contributed by atoms with Crippen LogP contribution in [0.5, 0.6) is 0 Å². The van der Waals surface area contributed by atoms with Gasteiger partial charge in [-0.1, -0.05) is 35.5 Å². The lowest BCUT2D eigenvalue weighted by molar-refractivity contribution is 0.0948. The zero-order valence-electron chi connectivity index (χ0n) is 20.5. The molecular weight excluding hydrogens is 484 g/mol. The molecule has 0 saturated carbocycles. The van der Waals surface area contributed by atoms with Crippen LogP contribution in [-0.2, 0) is 13.0 Å². The summed E-state index contributed by atoms with van der Waals surface area (Å²) in [4.78, 5) is 15.4. The third-order valence-corrected chi connectivity index (χ3v) is 6.51. The van der Waals surface area contributed by atoms with E-state index in [2.05, 4.69) is 48.2 Å². The highest BCUT2D eigenvalue weighted by Crippen LogP contribution is 2.30. The van der Waals surface area contributed by atoms with Gasteiger partial charge in [0.1, 0.15) is 0 Å². The molecule has 12 heteroatoms. The zero-order chi connectivity index (χ0) is 26.1. The van der Waals surface area contributed by atoms with Crippen LogP contribution in [0.2, 0.25) is 0 Å². The van der Waals surface area contributed by atoms with Crippen LogP contribution in [0.25, 0.3) is 11.5 Å². The van der Waals surface area contributed by atoms with Crippen molar-refractivity contribution in [3.05, 3.63) is 95.6 Å². The summed E-state index contributed by atoms with van der Waals surface area (Å²) >= 11 is 0. The summed E-state index contributed by atoms with van der Waals surface area (Å²) in [5.74, 6) is -0.291. The summed E-state index contributed by atoms with van der Waals surface area (Å²) in [6, 6.07) is 20.0. The van der Waals surface area contributed by atoms with E-state index < -0.39 is 5.91 Å². The molecule has 0 spiro atoms. The van der Waals surface area contributed by atoms with Crippen LogP contribution in [0.4, 0.5) is 11.5 Å². The van der Waals surface area contributed by atoms with Crippen LogP contribution in [0.15, 0.2) is 82.8 Å². The van der Waals surface area contributed by atoms with Crippen LogP contribution >= 0.6 is 0 Å². The number of anilines is 2. The molecule has 6 rings (SSSR count). The Labute approximate surface area is 217 Å². The fraction of sp³-hybridized carbons (Fsp3) is 0.154. The summed E-state index contributed by atoms with van der Waals surface area (Å²) < 4.78 is 8.16. The van der Waals surface area contributed by atoms with Gasteiger partial charge in [-0.05, 0) is 65.1 Å². The number of rotatable bonds is 7. The molecule has 3 aromatic heterocycles. The first-order chi connectivity index (χ1) is 18.6. The Hall–Kier alpha value is -5.26. The first-order valence-corrected chi connectivity index (χ1v) is 12.0. The maximum atomic E-state index is 13.3. The number of hydrogen-bond acceptors (Lipinski definition) is 9. The number of hydrazone groups is 1. The summed E-state index contributed by atoms with van der Waals surface area (Å²) in [6.45, 7) is 2.96. The number of fused-ring (bicyclic) bond motifs is 1. The van der Waals surface area contributed by atoms with E-state index in [-0.39, 0.29) is 17.3 Å². The summed E-state index contributed by atoms with van der Waals surface area (Å²) in [7, 11) is 0. The highest BCUT2D eigenvalue weighted by atomic mass is 16.6. The fourth-order valence-corrected chi connectivity index (χ4v) is 4.51. The van der Waals surface area contributed by atoms with Crippen LogP contribution in [0, 0.1) is 0 Å². The van der Waals surface area contributed by atoms with Gasteiger partial charge in [0.05, 0.1) is 18.0 Å². The fourth-order valence-electron chi connectivity index (χ4n) is 4.51. The van der Waals surface area contributed by atoms with Crippen molar-refractivity contribution in [3.8, 4) is 11.5 Å². The standard InChI is InChI=1S/C26H24N10O2/c1-17(18-8-10-20(11-9-18)34-13-4-5-14-34)28-30-26(37)23-22(36(33-29-23)25-24(27)31-38-32-25)16-35-15-12-19-6-2-3-7-21(19)35/h2-11,13-14H,12,15-16H2,1H3,(H2,27,31)(H,30,37)/b28-17-. The van der Waals surface area contributed by atoms with Gasteiger partial charge in [-0.15, -0.1) is 5.10 Å². The van der Waals surface area contributed by atoms with Crippen molar-refractivity contribution in [1.82, 2.24) is 35.3 Å². The highest BCUT2D eigenvalue weighted by molar-refractivity contribution is 6.00. The molecule has 0 aliphatic carbocycles. The first-order valence-electron chi connectivity index (χ1n) is 12.0. The molecule has 0 fully saturated rings. The lowest BCUT2D eigenvalue weighted by atomic mass is 10.1. The van der Waals surface area contributed by atoms with E-state index in [9.17, 15) is 4.79 Å². The molecular formula is C26H24N10O2. The second-order valence-corrected chi connectivity index (χ2v) is 8.85. The SMILES string of the molecule is C/C(=N/NC(=O)c1nnn(-c2nonc2N)c1CN1CCc2ccccc21)c1ccc(-n2cccc2)cc1. The third-order valence-electron chi connectivity index (χ3n) is 6.51. The maximum Gasteiger partial charge on any atom is 0.293 e. The second kappa shape index (κ2) is 9.65. The van der Waals surface area contributed by atoms with E-state index in [0.717, 1.165) is 29.9 Å². The lowest BCUT2D eigenvalue weighted by Crippen LogP contribution is -2.26. The Bertz CT molecular complexity index is 1620. The smallest absolute Gasteiger partial charge is 0.293 e. The molecule has 0 atom stereocenters. The number of nitrogen functional groups attached to an aromatic ring is 1. The van der Waals surface area contributed by atoms with Gasteiger partial charge in [0.25, 0.3) is 5.91 Å². The Morgan fingerprint density at radius 2 is 1.87 bits per heavy atom. The van der Waals surface area contributed by atoms with Gasteiger partial charge >= 0.3 is 0 Å². The zero-order valence-corrected chi connectivity index (χ0v) is 20.5. The number of nitrogens with two attached hydrogens (primary N) is 1. The van der Waals surface area contributed by atoms with Crippen LogP contribution in [-0.4, -0.2) is 48.0 Å². The van der Waals surface area contributed by atoms with Gasteiger partial charge in [-0.2, -0.15) is 9.78 Å². The molecule has 190 valence electrons. The highest BCUT2D eigenvalue weighted by Gasteiger charge is 2.28. The van der Waals surface area contributed by atoms with Crippen molar-refractivity contribution in [2.45, 2.75) is 19.9 Å². The molecule has 0 bridgehead atoms. The molecule has 1 amide bonds. The number of nitrogens with zero attached hydrogens (tertiary/aromatic N) is 8. The van der Waals surface area contributed by atoms with Gasteiger partial charge in [0.2, 0.25) is 11.6 Å². The van der Waals surface area contributed by atoms with E-state index in [4.69, 9.17) is 10.4 Å². The Balaban J connectivity index is 1.26. The van der Waals surface area contributed by atoms with E-state index in [0.29, 0.717) is 18.0 Å². The number of hydrogen-bond donors (Lipinski definition) is 2. The largest absolute Gasteiger partial charge is 0.378 e. The van der Waals surface area contributed by atoms with Crippen molar-refractivity contribution >= 4 is 23.1 Å². The number of aromatic nitrogens is 6. The number of para-hydroxylation sites is 1. The molecule has 1 aliphatic heterocycles.